The summed E-state index contributed by atoms with van der Waals surface area (Å²) in [5, 5.41) is 38.4. The summed E-state index contributed by atoms with van der Waals surface area (Å²) in [6.45, 7) is 0. The summed E-state index contributed by atoms with van der Waals surface area (Å²) in [6, 6.07) is -3.55. The van der Waals surface area contributed by atoms with Crippen LogP contribution in [0.25, 0.3) is 0 Å². The van der Waals surface area contributed by atoms with Gasteiger partial charge in [-0.1, -0.05) is 0 Å². The number of thioether (sulfide) groups is 1. The van der Waals surface area contributed by atoms with Crippen LogP contribution in [0.4, 0.5) is 0 Å². The molecule has 0 atom stereocenters. The molecule has 0 aliphatic heterocycles. The summed E-state index contributed by atoms with van der Waals surface area (Å²) in [6.07, 6.45) is 0. The Kier molecular flexibility index (Phi) is 7.48. The fourth-order valence-corrected chi connectivity index (χ4v) is 1.57. The molecule has 0 unspecified atom stereocenters. The first-order valence-corrected chi connectivity index (χ1v) is 5.88. The van der Waals surface area contributed by atoms with Crippen molar-refractivity contribution in [3.8, 4) is 0 Å². The molecule has 0 radical (unpaired) electrons. The number of carbonyl (C=O) groups is 4. The number of hydrogen-bond donors (Lipinski definition) is 6. The fourth-order valence-electron chi connectivity index (χ4n) is 0.896. The minimum absolute atomic E-state index is 0.109. The van der Waals surface area contributed by atoms with Gasteiger partial charge in [0.1, 0.15) is 0 Å². The molecule has 0 aromatic rings. The van der Waals surface area contributed by atoms with Crippen LogP contribution in [-0.4, -0.2) is 68.1 Å². The largest absolute Gasteiger partial charge is 0.480 e. The van der Waals surface area contributed by atoms with Gasteiger partial charge in [-0.2, -0.15) is 0 Å². The van der Waals surface area contributed by atoms with Gasteiger partial charge in [0.05, 0.1) is 0 Å². The van der Waals surface area contributed by atoms with E-state index in [9.17, 15) is 19.2 Å². The lowest BCUT2D eigenvalue weighted by Gasteiger charge is -2.11. The molecule has 0 heterocycles. The van der Waals surface area contributed by atoms with Gasteiger partial charge in [-0.3, -0.25) is 10.6 Å². The van der Waals surface area contributed by atoms with Crippen LogP contribution in [-0.2, 0) is 19.2 Å². The van der Waals surface area contributed by atoms with Gasteiger partial charge in [-0.25, -0.2) is 19.2 Å². The van der Waals surface area contributed by atoms with Crippen molar-refractivity contribution in [2.24, 2.45) is 0 Å². The molecule has 0 fully saturated rings. The number of aliphatic carboxylic acids is 4. The molecule has 10 nitrogen and oxygen atoms in total. The molecule has 0 saturated heterocycles. The molecule has 0 aromatic heterocycles. The van der Waals surface area contributed by atoms with Crippen LogP contribution < -0.4 is 10.6 Å². The Labute approximate surface area is 110 Å². The molecule has 0 saturated carbocycles. The molecule has 0 aliphatic rings. The summed E-state index contributed by atoms with van der Waals surface area (Å²) in [7, 11) is 0. The van der Waals surface area contributed by atoms with Crippen LogP contribution in [0.1, 0.15) is 0 Å². The molecule has 19 heavy (non-hydrogen) atoms. The van der Waals surface area contributed by atoms with Crippen LogP contribution in [0.5, 0.6) is 0 Å². The SMILES string of the molecule is O=C(O)C(NCSCNC(C(=O)O)C(=O)O)C(=O)O. The van der Waals surface area contributed by atoms with E-state index in [1.165, 1.54) is 0 Å². The molecule has 0 rings (SSSR count). The van der Waals surface area contributed by atoms with E-state index >= 15 is 0 Å². The lowest BCUT2D eigenvalue weighted by Crippen LogP contribution is -2.45. The predicted molar refractivity (Wildman–Crippen MR) is 61.7 cm³/mol. The van der Waals surface area contributed by atoms with Gasteiger partial charge in [-0.15, -0.1) is 11.8 Å². The number of carboxylic acids is 4. The number of nitrogens with one attached hydrogen (secondary N) is 2. The lowest BCUT2D eigenvalue weighted by molar-refractivity contribution is -0.152. The van der Waals surface area contributed by atoms with Crippen molar-refractivity contribution in [2.45, 2.75) is 12.1 Å². The zero-order chi connectivity index (χ0) is 15.0. The normalized spacial score (nSPS) is 10.6. The fraction of sp³-hybridized carbons (Fsp3) is 0.500. The zero-order valence-electron chi connectivity index (χ0n) is 9.40. The van der Waals surface area contributed by atoms with Crippen LogP contribution >= 0.6 is 11.8 Å². The van der Waals surface area contributed by atoms with Gasteiger partial charge in [0, 0.05) is 11.8 Å². The third kappa shape index (κ3) is 6.59. The van der Waals surface area contributed by atoms with Gasteiger partial charge < -0.3 is 20.4 Å². The summed E-state index contributed by atoms with van der Waals surface area (Å²) in [4.78, 5) is 41.9. The topological polar surface area (TPSA) is 173 Å². The maximum Gasteiger partial charge on any atom is 0.332 e. The Bertz CT molecular complexity index is 312. The monoisotopic (exact) mass is 296 g/mol. The zero-order valence-corrected chi connectivity index (χ0v) is 10.2. The van der Waals surface area contributed by atoms with E-state index in [0.717, 1.165) is 11.8 Å². The standard InChI is InChI=1S/C8H12N2O8S/c11-5(12)3(6(13)14)9-1-19-2-10-4(7(15)16)8(17)18/h3-4,9-10H,1-2H2,(H,11,12)(H,13,14)(H,15,16)(H,17,18). The second-order valence-corrected chi connectivity index (χ2v) is 4.11. The van der Waals surface area contributed by atoms with E-state index in [1.807, 2.05) is 0 Å². The summed E-state index contributed by atoms with van der Waals surface area (Å²) < 4.78 is 0. The third-order valence-electron chi connectivity index (χ3n) is 1.77. The molecule has 0 spiro atoms. The van der Waals surface area contributed by atoms with Crippen molar-refractivity contribution in [2.75, 3.05) is 11.8 Å². The highest BCUT2D eigenvalue weighted by Crippen LogP contribution is 1.97. The Balaban J connectivity index is 3.98. The van der Waals surface area contributed by atoms with Gasteiger partial charge in [0.2, 0.25) is 12.1 Å². The molecule has 0 bridgehead atoms. The second kappa shape index (κ2) is 8.29. The van der Waals surface area contributed by atoms with Crippen LogP contribution in [0, 0.1) is 0 Å². The van der Waals surface area contributed by atoms with Crippen LogP contribution in [0.3, 0.4) is 0 Å². The lowest BCUT2D eigenvalue weighted by atomic mass is 10.3. The van der Waals surface area contributed by atoms with Crippen LogP contribution in [0.15, 0.2) is 0 Å². The first-order chi connectivity index (χ1) is 8.77. The molecular weight excluding hydrogens is 284 g/mol. The summed E-state index contributed by atoms with van der Waals surface area (Å²) in [5.74, 6) is -6.46. The van der Waals surface area contributed by atoms with E-state index in [-0.39, 0.29) is 11.8 Å². The first-order valence-electron chi connectivity index (χ1n) is 4.73. The highest BCUT2D eigenvalue weighted by molar-refractivity contribution is 7.99. The highest BCUT2D eigenvalue weighted by atomic mass is 32.2. The van der Waals surface area contributed by atoms with E-state index in [2.05, 4.69) is 10.6 Å². The highest BCUT2D eigenvalue weighted by Gasteiger charge is 2.26. The van der Waals surface area contributed by atoms with Gasteiger partial charge in [0.15, 0.2) is 0 Å². The molecular formula is C8H12N2O8S. The molecule has 0 aliphatic carbocycles. The van der Waals surface area contributed by atoms with E-state index < -0.39 is 36.0 Å². The Hall–Kier alpha value is -1.85. The Morgan fingerprint density at radius 2 is 1.00 bits per heavy atom. The van der Waals surface area contributed by atoms with E-state index in [4.69, 9.17) is 20.4 Å². The summed E-state index contributed by atoms with van der Waals surface area (Å²) in [5.41, 5.74) is 0. The van der Waals surface area contributed by atoms with Gasteiger partial charge in [0.25, 0.3) is 0 Å². The van der Waals surface area contributed by atoms with Crippen molar-refractivity contribution in [3.63, 3.8) is 0 Å². The van der Waals surface area contributed by atoms with Gasteiger partial charge >= 0.3 is 23.9 Å². The van der Waals surface area contributed by atoms with Crippen molar-refractivity contribution in [1.29, 1.82) is 0 Å². The minimum Gasteiger partial charge on any atom is -0.480 e. The minimum atomic E-state index is -1.78. The van der Waals surface area contributed by atoms with Crippen molar-refractivity contribution in [3.05, 3.63) is 0 Å². The average molecular weight is 296 g/mol. The van der Waals surface area contributed by atoms with Crippen molar-refractivity contribution in [1.82, 2.24) is 10.6 Å². The smallest absolute Gasteiger partial charge is 0.332 e. The molecule has 0 aromatic carbocycles. The quantitative estimate of drug-likeness (QED) is 0.148. The Morgan fingerprint density at radius 3 is 1.21 bits per heavy atom. The van der Waals surface area contributed by atoms with E-state index in [1.54, 1.807) is 0 Å². The van der Waals surface area contributed by atoms with Gasteiger partial charge in [-0.05, 0) is 0 Å². The molecule has 108 valence electrons. The molecule has 6 N–H and O–H groups in total. The van der Waals surface area contributed by atoms with Crippen LogP contribution in [0.2, 0.25) is 0 Å². The van der Waals surface area contributed by atoms with Crippen molar-refractivity contribution < 1.29 is 39.6 Å². The number of hydrogen-bond acceptors (Lipinski definition) is 7. The maximum absolute atomic E-state index is 10.5. The van der Waals surface area contributed by atoms with E-state index in [0.29, 0.717) is 0 Å². The molecule has 0 amide bonds. The maximum atomic E-state index is 10.5. The van der Waals surface area contributed by atoms with Crippen molar-refractivity contribution >= 4 is 35.6 Å². The average Bonchev–Trinajstić information content (AvgIpc) is 2.25. The Morgan fingerprint density at radius 1 is 0.737 bits per heavy atom. The molecule has 11 heteroatoms. The first kappa shape index (κ1) is 17.2. The predicted octanol–water partition coefficient (Wildman–Crippen LogP) is -2.11. The second-order valence-electron chi connectivity index (χ2n) is 3.12. The summed E-state index contributed by atoms with van der Waals surface area (Å²) >= 11 is 0.904. The third-order valence-corrected chi connectivity index (χ3v) is 2.51. The number of rotatable bonds is 10. The number of carboxylic acid groups (broad SMARTS) is 4.